The van der Waals surface area contributed by atoms with Crippen LogP contribution in [0, 0.1) is 0 Å². The zero-order valence-electron chi connectivity index (χ0n) is 9.35. The van der Waals surface area contributed by atoms with Gasteiger partial charge in [-0.1, -0.05) is 27.5 Å². The van der Waals surface area contributed by atoms with Crippen LogP contribution < -0.4 is 5.32 Å². The van der Waals surface area contributed by atoms with Crippen molar-refractivity contribution in [2.45, 2.75) is 13.0 Å². The Bertz CT molecular complexity index is 527. The largest absolute Gasteiger partial charge is 0.311 e. The molecule has 1 unspecified atom stereocenters. The first-order chi connectivity index (χ1) is 8.13. The highest BCUT2D eigenvalue weighted by atomic mass is 79.9. The molecule has 0 aliphatic heterocycles. The zero-order valence-corrected chi connectivity index (χ0v) is 11.7. The van der Waals surface area contributed by atoms with Crippen LogP contribution in [0.4, 0.5) is 0 Å². The number of aromatic nitrogens is 4. The number of halogens is 2. The minimum Gasteiger partial charge on any atom is -0.311 e. The van der Waals surface area contributed by atoms with Crippen molar-refractivity contribution in [1.29, 1.82) is 0 Å². The summed E-state index contributed by atoms with van der Waals surface area (Å²) in [6.45, 7) is 1.98. The Kier molecular flexibility index (Phi) is 3.76. The maximum Gasteiger partial charge on any atom is 0.173 e. The van der Waals surface area contributed by atoms with E-state index < -0.39 is 0 Å². The zero-order chi connectivity index (χ0) is 12.4. The summed E-state index contributed by atoms with van der Waals surface area (Å²) < 4.78 is 2.55. The van der Waals surface area contributed by atoms with Crippen molar-refractivity contribution < 1.29 is 0 Å². The van der Waals surface area contributed by atoms with E-state index in [1.54, 1.807) is 4.68 Å². The molecular weight excluding hydrogens is 306 g/mol. The Morgan fingerprint density at radius 3 is 2.88 bits per heavy atom. The summed E-state index contributed by atoms with van der Waals surface area (Å²) in [4.78, 5) is 0. The summed E-state index contributed by atoms with van der Waals surface area (Å²) in [5, 5.41) is 15.3. The van der Waals surface area contributed by atoms with Crippen LogP contribution in [-0.2, 0) is 0 Å². The highest BCUT2D eigenvalue weighted by molar-refractivity contribution is 9.10. The van der Waals surface area contributed by atoms with Crippen molar-refractivity contribution in [3.8, 4) is 5.69 Å². The quantitative estimate of drug-likeness (QED) is 0.944. The fourth-order valence-electron chi connectivity index (χ4n) is 1.42. The summed E-state index contributed by atoms with van der Waals surface area (Å²) in [6, 6.07) is 5.63. The van der Waals surface area contributed by atoms with Crippen LogP contribution in [0.5, 0.6) is 0 Å². The van der Waals surface area contributed by atoms with Gasteiger partial charge >= 0.3 is 0 Å². The topological polar surface area (TPSA) is 55.6 Å². The van der Waals surface area contributed by atoms with Crippen LogP contribution in [0.15, 0.2) is 22.7 Å². The smallest absolute Gasteiger partial charge is 0.173 e. The standard InChI is InChI=1S/C10H11BrClN5/c1-6(13-2)10-14-15-16-17(10)9-4-3-7(11)5-8(9)12/h3-6,13H,1-2H3. The lowest BCUT2D eigenvalue weighted by molar-refractivity contribution is 0.588. The van der Waals surface area contributed by atoms with Crippen molar-refractivity contribution in [3.05, 3.63) is 33.5 Å². The van der Waals surface area contributed by atoms with Crippen LogP contribution >= 0.6 is 27.5 Å². The normalized spacial score (nSPS) is 12.7. The lowest BCUT2D eigenvalue weighted by Crippen LogP contribution is -2.18. The summed E-state index contributed by atoms with van der Waals surface area (Å²) in [6.07, 6.45) is 0. The third-order valence-corrected chi connectivity index (χ3v) is 3.25. The number of benzene rings is 1. The Balaban J connectivity index is 2.50. The maximum atomic E-state index is 6.17. The number of nitrogens with zero attached hydrogens (tertiary/aromatic N) is 4. The highest BCUT2D eigenvalue weighted by Crippen LogP contribution is 2.25. The Morgan fingerprint density at radius 1 is 1.47 bits per heavy atom. The van der Waals surface area contributed by atoms with Gasteiger partial charge in [-0.15, -0.1) is 5.10 Å². The molecule has 1 aromatic heterocycles. The molecule has 0 saturated heterocycles. The molecule has 2 rings (SSSR count). The molecule has 90 valence electrons. The van der Waals surface area contributed by atoms with E-state index in [-0.39, 0.29) is 6.04 Å². The molecule has 5 nitrogen and oxygen atoms in total. The summed E-state index contributed by atoms with van der Waals surface area (Å²) in [7, 11) is 1.85. The predicted molar refractivity (Wildman–Crippen MR) is 69.3 cm³/mol. The molecule has 2 aromatic rings. The molecular formula is C10H11BrClN5. The van der Waals surface area contributed by atoms with E-state index in [9.17, 15) is 0 Å². The average Bonchev–Trinajstić information content (AvgIpc) is 2.77. The molecule has 1 aromatic carbocycles. The minimum absolute atomic E-state index is 0.0460. The van der Waals surface area contributed by atoms with Gasteiger partial charge in [-0.2, -0.15) is 4.68 Å². The first-order valence-corrected chi connectivity index (χ1v) is 6.21. The number of hydrogen-bond donors (Lipinski definition) is 1. The molecule has 1 atom stereocenters. The van der Waals surface area contributed by atoms with Gasteiger partial charge in [0, 0.05) is 4.47 Å². The van der Waals surface area contributed by atoms with Crippen LogP contribution in [-0.4, -0.2) is 27.3 Å². The molecule has 0 aliphatic rings. The highest BCUT2D eigenvalue weighted by Gasteiger charge is 2.15. The van der Waals surface area contributed by atoms with Crippen molar-refractivity contribution >= 4 is 27.5 Å². The van der Waals surface area contributed by atoms with E-state index in [2.05, 4.69) is 36.8 Å². The van der Waals surface area contributed by atoms with Crippen LogP contribution in [0.2, 0.25) is 5.02 Å². The molecule has 0 radical (unpaired) electrons. The molecule has 0 saturated carbocycles. The predicted octanol–water partition coefficient (Wildman–Crippen LogP) is 2.36. The van der Waals surface area contributed by atoms with Gasteiger partial charge in [0.25, 0.3) is 0 Å². The number of hydrogen-bond acceptors (Lipinski definition) is 4. The summed E-state index contributed by atoms with van der Waals surface area (Å²) >= 11 is 9.54. The van der Waals surface area contributed by atoms with Gasteiger partial charge < -0.3 is 5.32 Å². The monoisotopic (exact) mass is 315 g/mol. The van der Waals surface area contributed by atoms with Gasteiger partial charge in [0.1, 0.15) is 0 Å². The van der Waals surface area contributed by atoms with Crippen LogP contribution in [0.3, 0.4) is 0 Å². The van der Waals surface area contributed by atoms with E-state index in [1.165, 1.54) is 0 Å². The van der Waals surface area contributed by atoms with Gasteiger partial charge in [0.2, 0.25) is 0 Å². The number of tetrazole rings is 1. The second-order valence-electron chi connectivity index (χ2n) is 3.55. The van der Waals surface area contributed by atoms with E-state index in [0.717, 1.165) is 16.0 Å². The molecule has 7 heteroatoms. The molecule has 0 spiro atoms. The molecule has 0 amide bonds. The second kappa shape index (κ2) is 5.12. The van der Waals surface area contributed by atoms with Crippen LogP contribution in [0.1, 0.15) is 18.8 Å². The maximum absolute atomic E-state index is 6.17. The molecule has 1 heterocycles. The third-order valence-electron chi connectivity index (χ3n) is 2.45. The molecule has 0 aliphatic carbocycles. The molecule has 17 heavy (non-hydrogen) atoms. The van der Waals surface area contributed by atoms with E-state index in [4.69, 9.17) is 11.6 Å². The SMILES string of the molecule is CNC(C)c1nnnn1-c1ccc(Br)cc1Cl. The fraction of sp³-hybridized carbons (Fsp3) is 0.300. The second-order valence-corrected chi connectivity index (χ2v) is 4.88. The minimum atomic E-state index is 0.0460. The lowest BCUT2D eigenvalue weighted by Gasteiger charge is -2.11. The summed E-state index contributed by atoms with van der Waals surface area (Å²) in [5.41, 5.74) is 0.761. The van der Waals surface area contributed by atoms with Gasteiger partial charge in [0.05, 0.1) is 16.8 Å². The first-order valence-electron chi connectivity index (χ1n) is 5.04. The van der Waals surface area contributed by atoms with Crippen molar-refractivity contribution in [3.63, 3.8) is 0 Å². The van der Waals surface area contributed by atoms with Gasteiger partial charge in [-0.3, -0.25) is 0 Å². The van der Waals surface area contributed by atoms with Crippen molar-refractivity contribution in [1.82, 2.24) is 25.5 Å². The molecule has 0 fully saturated rings. The first kappa shape index (κ1) is 12.5. The van der Waals surface area contributed by atoms with Gasteiger partial charge in [-0.05, 0) is 42.6 Å². The van der Waals surface area contributed by atoms with E-state index in [0.29, 0.717) is 5.02 Å². The van der Waals surface area contributed by atoms with Crippen molar-refractivity contribution in [2.24, 2.45) is 0 Å². The number of rotatable bonds is 3. The average molecular weight is 317 g/mol. The molecule has 0 bridgehead atoms. The lowest BCUT2D eigenvalue weighted by atomic mass is 10.3. The Hall–Kier alpha value is -0.980. The van der Waals surface area contributed by atoms with E-state index in [1.807, 2.05) is 32.2 Å². The van der Waals surface area contributed by atoms with Gasteiger partial charge in [0.15, 0.2) is 5.82 Å². The Morgan fingerprint density at radius 2 is 2.24 bits per heavy atom. The van der Waals surface area contributed by atoms with Gasteiger partial charge in [-0.25, -0.2) is 0 Å². The summed E-state index contributed by atoms with van der Waals surface area (Å²) in [5.74, 6) is 0.719. The molecule has 1 N–H and O–H groups in total. The Labute approximate surface area is 112 Å². The van der Waals surface area contributed by atoms with Crippen molar-refractivity contribution in [2.75, 3.05) is 7.05 Å². The van der Waals surface area contributed by atoms with Crippen LogP contribution in [0.25, 0.3) is 5.69 Å². The number of nitrogens with one attached hydrogen (secondary N) is 1. The van der Waals surface area contributed by atoms with E-state index >= 15 is 0 Å². The third kappa shape index (κ3) is 2.48. The fourth-order valence-corrected chi connectivity index (χ4v) is 2.17.